The first-order valence-corrected chi connectivity index (χ1v) is 5.96. The predicted molar refractivity (Wildman–Crippen MR) is 70.7 cm³/mol. The quantitative estimate of drug-likeness (QED) is 0.521. The van der Waals surface area contributed by atoms with Crippen LogP contribution < -0.4 is 0 Å². The maximum atomic E-state index is 5.55. The average Bonchev–Trinajstić information content (AvgIpc) is 3.01. The zero-order valence-electron chi connectivity index (χ0n) is 10.2. The number of aromatic nitrogens is 4. The van der Waals surface area contributed by atoms with Crippen molar-refractivity contribution in [1.29, 1.82) is 0 Å². The largest absolute Gasteiger partial charge is 0.441 e. The van der Waals surface area contributed by atoms with Crippen LogP contribution in [0.2, 0.25) is 0 Å². The van der Waals surface area contributed by atoms with Crippen LogP contribution in [0.3, 0.4) is 0 Å². The van der Waals surface area contributed by atoms with Crippen LogP contribution >= 0.6 is 0 Å². The Morgan fingerprint density at radius 3 is 3.11 bits per heavy atom. The third-order valence-corrected chi connectivity index (χ3v) is 3.08. The molecule has 1 aromatic carbocycles. The third-order valence-electron chi connectivity index (χ3n) is 3.08. The van der Waals surface area contributed by atoms with Crippen LogP contribution in [0.1, 0.15) is 5.89 Å². The smallest absolute Gasteiger partial charge is 0.233 e. The van der Waals surface area contributed by atoms with Crippen molar-refractivity contribution < 1.29 is 4.42 Å². The lowest BCUT2D eigenvalue weighted by molar-refractivity contribution is 0.561. The van der Waals surface area contributed by atoms with Crippen LogP contribution in [0, 0.1) is 6.92 Å². The summed E-state index contributed by atoms with van der Waals surface area (Å²) in [6, 6.07) is 5.90. The zero-order valence-corrected chi connectivity index (χ0v) is 10.2. The van der Waals surface area contributed by atoms with Gasteiger partial charge in [0.05, 0.1) is 0 Å². The van der Waals surface area contributed by atoms with Gasteiger partial charge in [0, 0.05) is 42.8 Å². The average molecular weight is 250 g/mol. The minimum absolute atomic E-state index is 0.666. The second-order valence-corrected chi connectivity index (χ2v) is 4.36. The summed E-state index contributed by atoms with van der Waals surface area (Å²) in [5.41, 5.74) is 3.66. The first-order valence-electron chi connectivity index (χ1n) is 5.96. The van der Waals surface area contributed by atoms with Crippen molar-refractivity contribution in [2.45, 2.75) is 6.92 Å². The summed E-state index contributed by atoms with van der Waals surface area (Å²) in [6.45, 7) is 1.85. The SMILES string of the molecule is Cc1nc2c(-c3cnc4nccn4c3)cccc2o1. The summed E-state index contributed by atoms with van der Waals surface area (Å²) < 4.78 is 7.44. The molecule has 0 spiro atoms. The Bertz CT molecular complexity index is 891. The molecule has 5 heteroatoms. The Morgan fingerprint density at radius 2 is 2.16 bits per heavy atom. The molecule has 0 aliphatic heterocycles. The maximum absolute atomic E-state index is 5.55. The molecule has 0 fully saturated rings. The summed E-state index contributed by atoms with van der Waals surface area (Å²) in [5, 5.41) is 0. The molecule has 4 rings (SSSR count). The van der Waals surface area contributed by atoms with Crippen LogP contribution in [0.15, 0.2) is 47.4 Å². The molecule has 0 aliphatic rings. The number of fused-ring (bicyclic) bond motifs is 2. The number of aryl methyl sites for hydroxylation is 1. The molecule has 0 N–H and O–H groups in total. The second-order valence-electron chi connectivity index (χ2n) is 4.36. The standard InChI is InChI=1S/C14H10N4O/c1-9-17-13-11(3-2-4-12(13)19-9)10-7-16-14-15-5-6-18(14)8-10/h2-8H,1H3. The van der Waals surface area contributed by atoms with Crippen molar-refractivity contribution in [3.8, 4) is 11.1 Å². The van der Waals surface area contributed by atoms with Crippen LogP contribution in [0.5, 0.6) is 0 Å². The topological polar surface area (TPSA) is 56.2 Å². The molecule has 92 valence electrons. The fourth-order valence-corrected chi connectivity index (χ4v) is 2.25. The van der Waals surface area contributed by atoms with Crippen molar-refractivity contribution in [1.82, 2.24) is 19.4 Å². The molecule has 3 heterocycles. The molecule has 5 nitrogen and oxygen atoms in total. The molecule has 0 atom stereocenters. The molecule has 0 saturated heterocycles. The summed E-state index contributed by atoms with van der Waals surface area (Å²) in [4.78, 5) is 12.9. The Labute approximate surface area is 108 Å². The van der Waals surface area contributed by atoms with E-state index in [9.17, 15) is 0 Å². The van der Waals surface area contributed by atoms with Gasteiger partial charge in [0.2, 0.25) is 5.78 Å². The predicted octanol–water partition coefficient (Wildman–Crippen LogP) is 2.85. The third kappa shape index (κ3) is 1.52. The summed E-state index contributed by atoms with van der Waals surface area (Å²) in [5.74, 6) is 1.35. The number of imidazole rings is 1. The number of para-hydroxylation sites is 1. The van der Waals surface area contributed by atoms with Crippen molar-refractivity contribution in [2.24, 2.45) is 0 Å². The zero-order chi connectivity index (χ0) is 12.8. The van der Waals surface area contributed by atoms with Gasteiger partial charge in [-0.1, -0.05) is 12.1 Å². The van der Waals surface area contributed by atoms with E-state index in [1.54, 1.807) is 12.4 Å². The van der Waals surface area contributed by atoms with Crippen LogP contribution in [-0.4, -0.2) is 19.4 Å². The van der Waals surface area contributed by atoms with Gasteiger partial charge in [0.1, 0.15) is 5.52 Å². The van der Waals surface area contributed by atoms with Crippen molar-refractivity contribution in [3.05, 3.63) is 48.9 Å². The lowest BCUT2D eigenvalue weighted by Crippen LogP contribution is -1.90. The number of rotatable bonds is 1. The van der Waals surface area contributed by atoms with E-state index in [-0.39, 0.29) is 0 Å². The van der Waals surface area contributed by atoms with E-state index in [1.807, 2.05) is 41.9 Å². The Hall–Kier alpha value is -2.69. The van der Waals surface area contributed by atoms with E-state index >= 15 is 0 Å². The van der Waals surface area contributed by atoms with Gasteiger partial charge < -0.3 is 4.42 Å². The van der Waals surface area contributed by atoms with Gasteiger partial charge in [0.25, 0.3) is 0 Å². The van der Waals surface area contributed by atoms with Gasteiger partial charge >= 0.3 is 0 Å². The van der Waals surface area contributed by atoms with Crippen LogP contribution in [0.4, 0.5) is 0 Å². The molecule has 0 bridgehead atoms. The highest BCUT2D eigenvalue weighted by molar-refractivity contribution is 5.90. The monoisotopic (exact) mass is 250 g/mol. The Kier molecular flexibility index (Phi) is 1.97. The molecular weight excluding hydrogens is 240 g/mol. The van der Waals surface area contributed by atoms with Gasteiger partial charge in [-0.05, 0) is 6.07 Å². The first-order chi connectivity index (χ1) is 9.31. The molecule has 0 aliphatic carbocycles. The van der Waals surface area contributed by atoms with E-state index in [4.69, 9.17) is 4.42 Å². The molecular formula is C14H10N4O. The van der Waals surface area contributed by atoms with E-state index in [0.717, 1.165) is 22.2 Å². The fourth-order valence-electron chi connectivity index (χ4n) is 2.25. The normalized spacial score (nSPS) is 11.4. The number of nitrogens with zero attached hydrogens (tertiary/aromatic N) is 4. The summed E-state index contributed by atoms with van der Waals surface area (Å²) >= 11 is 0. The van der Waals surface area contributed by atoms with Crippen LogP contribution in [0.25, 0.3) is 28.0 Å². The van der Waals surface area contributed by atoms with E-state index < -0.39 is 0 Å². The molecule has 0 unspecified atom stereocenters. The fraction of sp³-hybridized carbons (Fsp3) is 0.0714. The van der Waals surface area contributed by atoms with Crippen LogP contribution in [-0.2, 0) is 0 Å². The van der Waals surface area contributed by atoms with Gasteiger partial charge in [-0.3, -0.25) is 4.40 Å². The van der Waals surface area contributed by atoms with Crippen molar-refractivity contribution in [3.63, 3.8) is 0 Å². The minimum Gasteiger partial charge on any atom is -0.441 e. The minimum atomic E-state index is 0.666. The van der Waals surface area contributed by atoms with E-state index in [2.05, 4.69) is 15.0 Å². The molecule has 0 amide bonds. The summed E-state index contributed by atoms with van der Waals surface area (Å²) in [7, 11) is 0. The Morgan fingerprint density at radius 1 is 1.21 bits per heavy atom. The van der Waals surface area contributed by atoms with Crippen molar-refractivity contribution in [2.75, 3.05) is 0 Å². The van der Waals surface area contributed by atoms with E-state index in [0.29, 0.717) is 11.7 Å². The second kappa shape index (κ2) is 3.65. The van der Waals surface area contributed by atoms with Gasteiger partial charge in [-0.15, -0.1) is 0 Å². The maximum Gasteiger partial charge on any atom is 0.233 e. The molecule has 0 radical (unpaired) electrons. The van der Waals surface area contributed by atoms with Gasteiger partial charge in [-0.25, -0.2) is 15.0 Å². The highest BCUT2D eigenvalue weighted by Gasteiger charge is 2.10. The number of benzene rings is 1. The lowest BCUT2D eigenvalue weighted by atomic mass is 10.1. The Balaban J connectivity index is 2.02. The number of hydrogen-bond acceptors (Lipinski definition) is 4. The highest BCUT2D eigenvalue weighted by atomic mass is 16.3. The number of oxazole rings is 1. The lowest BCUT2D eigenvalue weighted by Gasteiger charge is -2.02. The van der Waals surface area contributed by atoms with Crippen molar-refractivity contribution >= 4 is 16.9 Å². The molecule has 3 aromatic heterocycles. The highest BCUT2D eigenvalue weighted by Crippen LogP contribution is 2.28. The molecule has 0 saturated carbocycles. The molecule has 19 heavy (non-hydrogen) atoms. The van der Waals surface area contributed by atoms with Gasteiger partial charge in [-0.2, -0.15) is 0 Å². The molecule has 4 aromatic rings. The summed E-state index contributed by atoms with van der Waals surface area (Å²) in [6.07, 6.45) is 7.40. The van der Waals surface area contributed by atoms with Gasteiger partial charge in [0.15, 0.2) is 11.5 Å². The first kappa shape index (κ1) is 10.3. The number of hydrogen-bond donors (Lipinski definition) is 0. The van der Waals surface area contributed by atoms with E-state index in [1.165, 1.54) is 0 Å².